The molecular formula is C17H23ClO2. The summed E-state index contributed by atoms with van der Waals surface area (Å²) < 4.78 is 11.7. The molecule has 1 saturated heterocycles. The van der Waals surface area contributed by atoms with Gasteiger partial charge in [-0.3, -0.25) is 0 Å². The number of benzene rings is 1. The van der Waals surface area contributed by atoms with Gasteiger partial charge in [0.25, 0.3) is 0 Å². The Morgan fingerprint density at radius 3 is 2.95 bits per heavy atom. The van der Waals surface area contributed by atoms with Crippen molar-refractivity contribution >= 4 is 11.6 Å². The van der Waals surface area contributed by atoms with Crippen LogP contribution in [0, 0.1) is 5.92 Å². The molecule has 2 aliphatic heterocycles. The van der Waals surface area contributed by atoms with Gasteiger partial charge in [-0.2, -0.15) is 0 Å². The molecule has 3 unspecified atom stereocenters. The first-order chi connectivity index (χ1) is 9.50. The number of alkyl halides is 1. The fraction of sp³-hybridized carbons (Fsp3) is 0.647. The highest BCUT2D eigenvalue weighted by molar-refractivity contribution is 6.21. The van der Waals surface area contributed by atoms with Crippen molar-refractivity contribution in [1.82, 2.24) is 0 Å². The van der Waals surface area contributed by atoms with Gasteiger partial charge in [-0.05, 0) is 43.9 Å². The van der Waals surface area contributed by atoms with Gasteiger partial charge in [0.15, 0.2) is 0 Å². The number of rotatable bonds is 3. The van der Waals surface area contributed by atoms with Crippen LogP contribution in [0.25, 0.3) is 0 Å². The van der Waals surface area contributed by atoms with Crippen LogP contribution in [0.5, 0.6) is 5.75 Å². The molecular weight excluding hydrogens is 272 g/mol. The zero-order valence-corrected chi connectivity index (χ0v) is 13.2. The molecule has 2 heterocycles. The van der Waals surface area contributed by atoms with Gasteiger partial charge in [-0.25, -0.2) is 0 Å². The van der Waals surface area contributed by atoms with E-state index < -0.39 is 0 Å². The second-order valence-corrected chi connectivity index (χ2v) is 7.05. The lowest BCUT2D eigenvalue weighted by molar-refractivity contribution is 0.0864. The molecule has 0 aliphatic carbocycles. The summed E-state index contributed by atoms with van der Waals surface area (Å²) in [5.74, 6) is 1.44. The quantitative estimate of drug-likeness (QED) is 0.765. The molecule has 2 nitrogen and oxygen atoms in total. The molecule has 0 amide bonds. The van der Waals surface area contributed by atoms with Crippen LogP contribution in [0.2, 0.25) is 0 Å². The van der Waals surface area contributed by atoms with E-state index in [4.69, 9.17) is 21.1 Å². The minimum atomic E-state index is -0.0921. The van der Waals surface area contributed by atoms with Crippen LogP contribution in [-0.4, -0.2) is 18.3 Å². The standard InChI is InChI=1S/C17H23ClO2/c1-4-14-13(7-8-19-14)16(18)11-5-6-15-12(9-11)10-17(2,3)20-15/h5-6,9,13-14,16H,4,7-8,10H2,1-3H3. The second kappa shape index (κ2) is 5.23. The van der Waals surface area contributed by atoms with Crippen LogP contribution < -0.4 is 4.74 Å². The van der Waals surface area contributed by atoms with Crippen LogP contribution in [0.4, 0.5) is 0 Å². The summed E-state index contributed by atoms with van der Waals surface area (Å²) in [4.78, 5) is 0. The Kier molecular flexibility index (Phi) is 3.72. The Labute approximate surface area is 126 Å². The van der Waals surface area contributed by atoms with Gasteiger partial charge in [0.1, 0.15) is 11.4 Å². The Hall–Kier alpha value is -0.730. The van der Waals surface area contributed by atoms with E-state index in [0.29, 0.717) is 12.0 Å². The predicted molar refractivity (Wildman–Crippen MR) is 81.6 cm³/mol. The van der Waals surface area contributed by atoms with Crippen LogP contribution in [0.1, 0.15) is 50.1 Å². The van der Waals surface area contributed by atoms with Crippen molar-refractivity contribution in [2.45, 2.75) is 57.1 Å². The lowest BCUT2D eigenvalue weighted by Gasteiger charge is -2.22. The molecule has 0 N–H and O–H groups in total. The summed E-state index contributed by atoms with van der Waals surface area (Å²) in [6.07, 6.45) is 3.36. The van der Waals surface area contributed by atoms with Gasteiger partial charge < -0.3 is 9.47 Å². The largest absolute Gasteiger partial charge is 0.487 e. The molecule has 0 radical (unpaired) electrons. The van der Waals surface area contributed by atoms with Crippen molar-refractivity contribution in [2.75, 3.05) is 6.61 Å². The number of hydrogen-bond donors (Lipinski definition) is 0. The molecule has 3 atom stereocenters. The summed E-state index contributed by atoms with van der Waals surface area (Å²) >= 11 is 6.74. The average Bonchev–Trinajstić information content (AvgIpc) is 2.98. The minimum absolute atomic E-state index is 0.0384. The topological polar surface area (TPSA) is 18.5 Å². The number of halogens is 1. The zero-order valence-electron chi connectivity index (χ0n) is 12.5. The van der Waals surface area contributed by atoms with Crippen molar-refractivity contribution < 1.29 is 9.47 Å². The number of ether oxygens (including phenoxy) is 2. The normalized spacial score (nSPS) is 29.0. The van der Waals surface area contributed by atoms with E-state index in [9.17, 15) is 0 Å². The van der Waals surface area contributed by atoms with Gasteiger partial charge >= 0.3 is 0 Å². The van der Waals surface area contributed by atoms with Crippen molar-refractivity contribution in [3.63, 3.8) is 0 Å². The highest BCUT2D eigenvalue weighted by Crippen LogP contribution is 2.42. The van der Waals surface area contributed by atoms with Crippen LogP contribution >= 0.6 is 11.6 Å². The van der Waals surface area contributed by atoms with Gasteiger partial charge in [0, 0.05) is 18.9 Å². The molecule has 0 saturated carbocycles. The SMILES string of the molecule is CCC1OCCC1C(Cl)c1ccc2c(c1)CC(C)(C)O2. The zero-order chi connectivity index (χ0) is 14.3. The first-order valence-corrected chi connectivity index (χ1v) is 8.01. The maximum atomic E-state index is 6.74. The molecule has 110 valence electrons. The van der Waals surface area contributed by atoms with Crippen molar-refractivity contribution in [3.8, 4) is 5.75 Å². The van der Waals surface area contributed by atoms with E-state index in [1.807, 2.05) is 0 Å². The molecule has 2 aliphatic rings. The van der Waals surface area contributed by atoms with Crippen molar-refractivity contribution in [3.05, 3.63) is 29.3 Å². The molecule has 0 spiro atoms. The molecule has 20 heavy (non-hydrogen) atoms. The Morgan fingerprint density at radius 1 is 1.40 bits per heavy atom. The third kappa shape index (κ3) is 2.56. The Bertz CT molecular complexity index is 498. The second-order valence-electron chi connectivity index (χ2n) is 6.58. The lowest BCUT2D eigenvalue weighted by Crippen LogP contribution is -2.24. The van der Waals surface area contributed by atoms with Crippen molar-refractivity contribution in [1.29, 1.82) is 0 Å². The first kappa shape index (κ1) is 14.2. The lowest BCUT2D eigenvalue weighted by atomic mass is 9.90. The van der Waals surface area contributed by atoms with Gasteiger partial charge in [-0.15, -0.1) is 11.6 Å². The van der Waals surface area contributed by atoms with Gasteiger partial charge in [0.2, 0.25) is 0 Å². The maximum absolute atomic E-state index is 6.74. The van der Waals surface area contributed by atoms with Crippen LogP contribution in [-0.2, 0) is 11.2 Å². The minimum Gasteiger partial charge on any atom is -0.487 e. The summed E-state index contributed by atoms with van der Waals surface area (Å²) in [5, 5.41) is 0.0384. The number of fused-ring (bicyclic) bond motifs is 1. The highest BCUT2D eigenvalue weighted by atomic mass is 35.5. The summed E-state index contributed by atoms with van der Waals surface area (Å²) in [5.41, 5.74) is 2.40. The van der Waals surface area contributed by atoms with Crippen molar-refractivity contribution in [2.24, 2.45) is 5.92 Å². The predicted octanol–water partition coefficient (Wildman–Crippen LogP) is 4.50. The Balaban J connectivity index is 1.82. The molecule has 1 aromatic carbocycles. The van der Waals surface area contributed by atoms with Gasteiger partial charge in [0.05, 0.1) is 11.5 Å². The summed E-state index contributed by atoms with van der Waals surface area (Å²) in [6.45, 7) is 7.27. The molecule has 1 aromatic rings. The molecule has 0 aromatic heterocycles. The van der Waals surface area contributed by atoms with E-state index in [0.717, 1.165) is 31.6 Å². The first-order valence-electron chi connectivity index (χ1n) is 7.57. The molecule has 1 fully saturated rings. The van der Waals surface area contributed by atoms with E-state index >= 15 is 0 Å². The smallest absolute Gasteiger partial charge is 0.123 e. The van der Waals surface area contributed by atoms with Crippen LogP contribution in [0.15, 0.2) is 18.2 Å². The maximum Gasteiger partial charge on any atom is 0.123 e. The van der Waals surface area contributed by atoms with Gasteiger partial charge in [-0.1, -0.05) is 19.1 Å². The summed E-state index contributed by atoms with van der Waals surface area (Å²) in [6, 6.07) is 6.42. The van der Waals surface area contributed by atoms with E-state index in [-0.39, 0.29) is 11.0 Å². The molecule has 3 rings (SSSR count). The molecule has 0 bridgehead atoms. The highest BCUT2D eigenvalue weighted by Gasteiger charge is 2.35. The Morgan fingerprint density at radius 2 is 2.20 bits per heavy atom. The van der Waals surface area contributed by atoms with E-state index in [1.165, 1.54) is 11.1 Å². The number of hydrogen-bond acceptors (Lipinski definition) is 2. The summed E-state index contributed by atoms with van der Waals surface area (Å²) in [7, 11) is 0. The van der Waals surface area contributed by atoms with Crippen LogP contribution in [0.3, 0.4) is 0 Å². The average molecular weight is 295 g/mol. The van der Waals surface area contributed by atoms with E-state index in [1.54, 1.807) is 0 Å². The monoisotopic (exact) mass is 294 g/mol. The van der Waals surface area contributed by atoms with E-state index in [2.05, 4.69) is 39.0 Å². The fourth-order valence-electron chi connectivity index (χ4n) is 3.47. The molecule has 3 heteroatoms. The third-order valence-corrected chi connectivity index (χ3v) is 5.02. The third-order valence-electron chi connectivity index (χ3n) is 4.44. The fourth-order valence-corrected chi connectivity index (χ4v) is 3.89.